The van der Waals surface area contributed by atoms with E-state index >= 15 is 0 Å². The third-order valence-electron chi connectivity index (χ3n) is 11.0. The van der Waals surface area contributed by atoms with E-state index in [4.69, 9.17) is 0 Å². The maximum atomic E-state index is 2.39. The largest absolute Gasteiger partial charge is 2.00 e. The van der Waals surface area contributed by atoms with Gasteiger partial charge in [-0.2, -0.15) is 12.1 Å². The average Bonchev–Trinajstić information content (AvgIpc) is 3.84. The Bertz CT molecular complexity index is 2210. The molecule has 0 fully saturated rings. The maximum absolute atomic E-state index is 2.39. The SMILES string of the molecule is C[Si]C.Cc1ccc(-c2ccc(-c3ccc(C)cc3)c3[cH-]c(C(C)(C)C)cc23)cc1.Cc1ccc(-c2ccc(-c3ccc(C)cc3)c3[cH-]c(C(C)(C)C)cc23)cc1.[Zr+2]. The summed E-state index contributed by atoms with van der Waals surface area (Å²) in [5.74, 6) is 0. The van der Waals surface area contributed by atoms with E-state index < -0.39 is 0 Å². The van der Waals surface area contributed by atoms with Gasteiger partial charge in [-0.1, -0.05) is 232 Å². The minimum Gasteiger partial charge on any atom is -0.164 e. The molecular formula is C56H60SiZr. The number of aryl methyl sites for hydroxylation is 4. The number of fused-ring (bicyclic) bond motifs is 2. The number of hydrogen-bond donors (Lipinski definition) is 0. The first kappa shape index (κ1) is 44.7. The zero-order valence-electron chi connectivity index (χ0n) is 36.9. The molecule has 8 aromatic rings. The fourth-order valence-electron chi connectivity index (χ4n) is 7.41. The molecule has 0 unspecified atom stereocenters. The number of benzene rings is 6. The standard InChI is InChI=1S/2C27H27.C2H6Si.Zr/c2*1-18-6-10-20(11-7-18)23-14-15-24(21-12-8-19(2)9-13-21)26-17-22(16-25(23)26)27(3,4)5;1-3-2;/h2*6-17H,1-5H3;1-2H3;/q2*-1;;+2. The molecule has 2 heteroatoms. The molecule has 0 saturated heterocycles. The average molecular weight is 852 g/mol. The summed E-state index contributed by atoms with van der Waals surface area (Å²) >= 11 is 0. The summed E-state index contributed by atoms with van der Waals surface area (Å²) in [6.45, 7) is 26.6. The molecule has 0 spiro atoms. The molecular weight excluding hydrogens is 792 g/mol. The Morgan fingerprint density at radius 1 is 0.362 bits per heavy atom. The fourth-order valence-corrected chi connectivity index (χ4v) is 7.41. The summed E-state index contributed by atoms with van der Waals surface area (Å²) in [5.41, 5.74) is 18.6. The zero-order valence-corrected chi connectivity index (χ0v) is 40.3. The van der Waals surface area contributed by atoms with Gasteiger partial charge in [0.1, 0.15) is 0 Å². The molecule has 0 nitrogen and oxygen atoms in total. The second-order valence-corrected chi connectivity index (χ2v) is 18.9. The predicted molar refractivity (Wildman–Crippen MR) is 255 cm³/mol. The summed E-state index contributed by atoms with van der Waals surface area (Å²) in [4.78, 5) is 0. The first-order valence-corrected chi connectivity index (χ1v) is 22.4. The van der Waals surface area contributed by atoms with Gasteiger partial charge >= 0.3 is 26.2 Å². The Balaban J connectivity index is 0.000000204. The summed E-state index contributed by atoms with van der Waals surface area (Å²) in [6, 6.07) is 54.2. The van der Waals surface area contributed by atoms with Gasteiger partial charge in [0.2, 0.25) is 0 Å². The molecule has 0 aliphatic carbocycles. The van der Waals surface area contributed by atoms with Crippen molar-refractivity contribution in [2.75, 3.05) is 0 Å². The van der Waals surface area contributed by atoms with Gasteiger partial charge in [-0.3, -0.25) is 0 Å². The minimum atomic E-state index is 0. The monoisotopic (exact) mass is 850 g/mol. The molecule has 0 saturated carbocycles. The Morgan fingerprint density at radius 3 is 0.828 bits per heavy atom. The smallest absolute Gasteiger partial charge is 0.164 e. The molecule has 0 bridgehead atoms. The molecule has 0 N–H and O–H groups in total. The normalized spacial score (nSPS) is 11.4. The molecule has 0 heterocycles. The third-order valence-corrected chi connectivity index (χ3v) is 11.0. The van der Waals surface area contributed by atoms with Crippen LogP contribution in [0.5, 0.6) is 0 Å². The molecule has 0 atom stereocenters. The van der Waals surface area contributed by atoms with Crippen molar-refractivity contribution in [3.05, 3.63) is 179 Å². The van der Waals surface area contributed by atoms with Gasteiger partial charge in [-0.15, -0.1) is 44.8 Å². The Kier molecular flexibility index (Phi) is 14.4. The van der Waals surface area contributed by atoms with Crippen molar-refractivity contribution in [3.8, 4) is 44.5 Å². The van der Waals surface area contributed by atoms with Crippen LogP contribution in [-0.4, -0.2) is 9.52 Å². The van der Waals surface area contributed by atoms with E-state index in [1.165, 1.54) is 99.4 Å². The first-order chi connectivity index (χ1) is 27.1. The van der Waals surface area contributed by atoms with Crippen LogP contribution < -0.4 is 0 Å². The van der Waals surface area contributed by atoms with E-state index in [0.717, 1.165) is 9.52 Å². The van der Waals surface area contributed by atoms with Crippen LogP contribution in [0, 0.1) is 27.7 Å². The van der Waals surface area contributed by atoms with Crippen molar-refractivity contribution in [1.82, 2.24) is 0 Å². The van der Waals surface area contributed by atoms with E-state index in [1.54, 1.807) is 0 Å². The van der Waals surface area contributed by atoms with E-state index in [1.807, 2.05) is 0 Å². The van der Waals surface area contributed by atoms with Gasteiger partial charge in [0.25, 0.3) is 0 Å². The van der Waals surface area contributed by atoms with Gasteiger partial charge in [-0.05, 0) is 49.7 Å². The number of rotatable bonds is 4. The summed E-state index contributed by atoms with van der Waals surface area (Å²) in [7, 11) is 1.08. The molecule has 58 heavy (non-hydrogen) atoms. The van der Waals surface area contributed by atoms with Crippen molar-refractivity contribution in [1.29, 1.82) is 0 Å². The van der Waals surface area contributed by atoms with E-state index in [2.05, 4.69) is 228 Å². The first-order valence-electron chi connectivity index (χ1n) is 20.4. The van der Waals surface area contributed by atoms with Crippen LogP contribution in [0.15, 0.2) is 146 Å². The summed E-state index contributed by atoms with van der Waals surface area (Å²) in [6.07, 6.45) is 0. The molecule has 8 aromatic carbocycles. The van der Waals surface area contributed by atoms with Crippen molar-refractivity contribution < 1.29 is 26.2 Å². The van der Waals surface area contributed by atoms with E-state index in [9.17, 15) is 0 Å². The third kappa shape index (κ3) is 10.3. The van der Waals surface area contributed by atoms with Gasteiger partial charge in [0.15, 0.2) is 0 Å². The minimum absolute atomic E-state index is 0. The van der Waals surface area contributed by atoms with Crippen molar-refractivity contribution in [3.63, 3.8) is 0 Å². The van der Waals surface area contributed by atoms with Gasteiger partial charge in [0.05, 0.1) is 0 Å². The van der Waals surface area contributed by atoms with Crippen LogP contribution in [0.1, 0.15) is 74.9 Å². The summed E-state index contributed by atoms with van der Waals surface area (Å²) in [5, 5.41) is 5.40. The topological polar surface area (TPSA) is 0 Å². The van der Waals surface area contributed by atoms with Gasteiger partial charge in [0, 0.05) is 9.52 Å². The Labute approximate surface area is 371 Å². The molecule has 2 radical (unpaired) electrons. The molecule has 0 aliphatic rings. The van der Waals surface area contributed by atoms with Crippen molar-refractivity contribution >= 4 is 31.1 Å². The molecule has 8 rings (SSSR count). The van der Waals surface area contributed by atoms with Crippen LogP contribution in [-0.2, 0) is 37.0 Å². The number of hydrogen-bond acceptors (Lipinski definition) is 0. The van der Waals surface area contributed by atoms with E-state index in [-0.39, 0.29) is 37.0 Å². The van der Waals surface area contributed by atoms with Gasteiger partial charge in [-0.25, -0.2) is 0 Å². The van der Waals surface area contributed by atoms with Crippen LogP contribution >= 0.6 is 0 Å². The van der Waals surface area contributed by atoms with Crippen LogP contribution in [0.4, 0.5) is 0 Å². The molecule has 0 aliphatic heterocycles. The van der Waals surface area contributed by atoms with Crippen molar-refractivity contribution in [2.24, 2.45) is 0 Å². The van der Waals surface area contributed by atoms with Crippen LogP contribution in [0.25, 0.3) is 66.1 Å². The molecule has 0 aromatic heterocycles. The maximum Gasteiger partial charge on any atom is 2.00 e. The van der Waals surface area contributed by atoms with Gasteiger partial charge < -0.3 is 0 Å². The second kappa shape index (κ2) is 18.7. The quantitative estimate of drug-likeness (QED) is 0.122. The predicted octanol–water partition coefficient (Wildman–Crippen LogP) is 16.4. The second-order valence-electron chi connectivity index (χ2n) is 17.9. The molecule has 0 amide bonds. The van der Waals surface area contributed by atoms with E-state index in [0.29, 0.717) is 0 Å². The van der Waals surface area contributed by atoms with Crippen molar-refractivity contribution in [2.45, 2.75) is 93.2 Å². The zero-order chi connectivity index (χ0) is 41.1. The Hall–Kier alpha value is -4.36. The summed E-state index contributed by atoms with van der Waals surface area (Å²) < 4.78 is 0. The van der Waals surface area contributed by atoms with Crippen LogP contribution in [0.2, 0.25) is 13.1 Å². The van der Waals surface area contributed by atoms with Crippen LogP contribution in [0.3, 0.4) is 0 Å². The Morgan fingerprint density at radius 2 is 0.586 bits per heavy atom. The fraction of sp³-hybridized carbons (Fsp3) is 0.250. The molecule has 292 valence electrons.